The van der Waals surface area contributed by atoms with E-state index in [-0.39, 0.29) is 0 Å². The second-order valence-electron chi connectivity index (χ2n) is 3.75. The van der Waals surface area contributed by atoms with E-state index in [1.54, 1.807) is 11.8 Å². The maximum absolute atomic E-state index is 4.15. The Morgan fingerprint density at radius 3 is 2.33 bits per heavy atom. The molecule has 0 N–H and O–H groups in total. The van der Waals surface area contributed by atoms with E-state index in [9.17, 15) is 0 Å². The molecule has 15 heavy (non-hydrogen) atoms. The maximum atomic E-state index is 4.15. The SMILES string of the molecule is C=C/C(=C\SC)C(=C)N1CCN(C)CC1. The number of allylic oxidation sites excluding steroid dienone is 1. The van der Waals surface area contributed by atoms with E-state index in [1.807, 2.05) is 6.08 Å². The highest BCUT2D eigenvalue weighted by atomic mass is 32.2. The minimum Gasteiger partial charge on any atom is -0.369 e. The van der Waals surface area contributed by atoms with Crippen LogP contribution < -0.4 is 0 Å². The first-order chi connectivity index (χ1) is 7.19. The predicted octanol–water partition coefficient (Wildman–Crippen LogP) is 2.18. The number of piperazine rings is 1. The van der Waals surface area contributed by atoms with Gasteiger partial charge in [-0.1, -0.05) is 19.2 Å². The van der Waals surface area contributed by atoms with Crippen LogP contribution in [0.25, 0.3) is 0 Å². The molecule has 1 rings (SSSR count). The van der Waals surface area contributed by atoms with E-state index in [1.165, 1.54) is 0 Å². The van der Waals surface area contributed by atoms with Gasteiger partial charge in [0.2, 0.25) is 0 Å². The van der Waals surface area contributed by atoms with Crippen molar-refractivity contribution >= 4 is 11.8 Å². The Kier molecular flexibility index (Phi) is 4.99. The molecule has 0 bridgehead atoms. The van der Waals surface area contributed by atoms with Crippen LogP contribution in [0.3, 0.4) is 0 Å². The van der Waals surface area contributed by atoms with Crippen molar-refractivity contribution in [1.29, 1.82) is 0 Å². The van der Waals surface area contributed by atoms with Crippen molar-refractivity contribution in [3.05, 3.63) is 35.9 Å². The molecule has 1 aliphatic rings. The van der Waals surface area contributed by atoms with Crippen molar-refractivity contribution in [3.63, 3.8) is 0 Å². The average molecular weight is 224 g/mol. The minimum atomic E-state index is 1.06. The Hall–Kier alpha value is -0.670. The van der Waals surface area contributed by atoms with E-state index in [4.69, 9.17) is 0 Å². The monoisotopic (exact) mass is 224 g/mol. The third kappa shape index (κ3) is 3.43. The second-order valence-corrected chi connectivity index (χ2v) is 4.46. The Morgan fingerprint density at radius 1 is 1.27 bits per heavy atom. The zero-order chi connectivity index (χ0) is 11.3. The lowest BCUT2D eigenvalue weighted by atomic mass is 10.2. The van der Waals surface area contributed by atoms with Crippen LogP contribution in [0, 0.1) is 0 Å². The number of likely N-dealkylation sites (N-methyl/N-ethyl adjacent to an activating group) is 1. The Morgan fingerprint density at radius 2 is 1.87 bits per heavy atom. The first-order valence-corrected chi connectivity index (χ1v) is 6.46. The highest BCUT2D eigenvalue weighted by Gasteiger charge is 2.15. The molecule has 0 atom stereocenters. The first-order valence-electron chi connectivity index (χ1n) is 5.17. The van der Waals surface area contributed by atoms with Gasteiger partial charge in [0, 0.05) is 37.4 Å². The molecule has 1 heterocycles. The fraction of sp³-hybridized carbons (Fsp3) is 0.500. The van der Waals surface area contributed by atoms with E-state index in [2.05, 4.69) is 41.7 Å². The molecular formula is C12H20N2S. The van der Waals surface area contributed by atoms with Gasteiger partial charge in [0.05, 0.1) is 0 Å². The van der Waals surface area contributed by atoms with E-state index >= 15 is 0 Å². The van der Waals surface area contributed by atoms with Gasteiger partial charge in [-0.3, -0.25) is 0 Å². The van der Waals surface area contributed by atoms with Gasteiger partial charge in [0.15, 0.2) is 0 Å². The van der Waals surface area contributed by atoms with E-state index in [0.29, 0.717) is 0 Å². The van der Waals surface area contributed by atoms with Crippen LogP contribution >= 0.6 is 11.8 Å². The zero-order valence-electron chi connectivity index (χ0n) is 9.70. The van der Waals surface area contributed by atoms with Crippen LogP contribution in [-0.2, 0) is 0 Å². The summed E-state index contributed by atoms with van der Waals surface area (Å²) in [6, 6.07) is 0. The fourth-order valence-electron chi connectivity index (χ4n) is 1.62. The zero-order valence-corrected chi connectivity index (χ0v) is 10.5. The average Bonchev–Trinajstić information content (AvgIpc) is 2.26. The number of hydrogen-bond acceptors (Lipinski definition) is 3. The third-order valence-corrected chi connectivity index (χ3v) is 3.17. The Labute approximate surface area is 97.3 Å². The number of thioether (sulfide) groups is 1. The summed E-state index contributed by atoms with van der Waals surface area (Å²) in [4.78, 5) is 4.68. The lowest BCUT2D eigenvalue weighted by Gasteiger charge is -2.35. The van der Waals surface area contributed by atoms with Gasteiger partial charge < -0.3 is 9.80 Å². The highest BCUT2D eigenvalue weighted by molar-refractivity contribution is 8.01. The Balaban J connectivity index is 2.60. The summed E-state index contributed by atoms with van der Waals surface area (Å²) in [6.07, 6.45) is 3.94. The summed E-state index contributed by atoms with van der Waals surface area (Å²) in [5.74, 6) is 0. The quantitative estimate of drug-likeness (QED) is 0.676. The van der Waals surface area contributed by atoms with Crippen molar-refractivity contribution in [2.75, 3.05) is 39.5 Å². The van der Waals surface area contributed by atoms with Gasteiger partial charge in [-0.2, -0.15) is 0 Å². The highest BCUT2D eigenvalue weighted by Crippen LogP contribution is 2.18. The molecule has 0 radical (unpaired) electrons. The van der Waals surface area contributed by atoms with Crippen LogP contribution in [0.4, 0.5) is 0 Å². The minimum absolute atomic E-state index is 1.06. The molecule has 84 valence electrons. The van der Waals surface area contributed by atoms with Gasteiger partial charge in [0.25, 0.3) is 0 Å². The van der Waals surface area contributed by atoms with Crippen molar-refractivity contribution in [2.45, 2.75) is 0 Å². The standard InChI is InChI=1S/C12H20N2S/c1-5-12(10-15-4)11(2)14-8-6-13(3)7-9-14/h5,10H,1-2,6-9H2,3-4H3/b12-10+. The maximum Gasteiger partial charge on any atom is 0.0372 e. The van der Waals surface area contributed by atoms with Crippen LogP contribution in [0.15, 0.2) is 35.9 Å². The Bertz CT molecular complexity index is 263. The topological polar surface area (TPSA) is 6.48 Å². The fourth-order valence-corrected chi connectivity index (χ4v) is 2.11. The van der Waals surface area contributed by atoms with Crippen molar-refractivity contribution in [3.8, 4) is 0 Å². The van der Waals surface area contributed by atoms with Gasteiger partial charge in [-0.25, -0.2) is 0 Å². The van der Waals surface area contributed by atoms with Crippen LogP contribution in [-0.4, -0.2) is 49.3 Å². The number of rotatable bonds is 4. The summed E-state index contributed by atoms with van der Waals surface area (Å²) in [5.41, 5.74) is 2.25. The number of hydrogen-bond donors (Lipinski definition) is 0. The normalized spacial score (nSPS) is 19.1. The van der Waals surface area contributed by atoms with E-state index in [0.717, 1.165) is 37.4 Å². The molecule has 1 saturated heterocycles. The largest absolute Gasteiger partial charge is 0.369 e. The molecule has 0 spiro atoms. The summed E-state index contributed by atoms with van der Waals surface area (Å²) in [6.45, 7) is 12.3. The lowest BCUT2D eigenvalue weighted by Crippen LogP contribution is -2.43. The molecule has 1 fully saturated rings. The molecule has 0 aliphatic carbocycles. The first kappa shape index (κ1) is 12.4. The second kappa shape index (κ2) is 6.03. The van der Waals surface area contributed by atoms with Gasteiger partial charge >= 0.3 is 0 Å². The van der Waals surface area contributed by atoms with E-state index < -0.39 is 0 Å². The van der Waals surface area contributed by atoms with Crippen LogP contribution in [0.1, 0.15) is 0 Å². The molecule has 0 aromatic carbocycles. The molecular weight excluding hydrogens is 204 g/mol. The smallest absolute Gasteiger partial charge is 0.0372 e. The van der Waals surface area contributed by atoms with Crippen molar-refractivity contribution < 1.29 is 0 Å². The summed E-state index contributed by atoms with van der Waals surface area (Å²) < 4.78 is 0. The molecule has 0 amide bonds. The van der Waals surface area contributed by atoms with Gasteiger partial charge in [0.1, 0.15) is 0 Å². The van der Waals surface area contributed by atoms with Crippen LogP contribution in [0.5, 0.6) is 0 Å². The van der Waals surface area contributed by atoms with Crippen molar-refractivity contribution in [1.82, 2.24) is 9.80 Å². The number of nitrogens with zero attached hydrogens (tertiary/aromatic N) is 2. The molecule has 0 saturated carbocycles. The molecule has 0 unspecified atom stereocenters. The molecule has 0 aromatic heterocycles. The molecule has 3 heteroatoms. The van der Waals surface area contributed by atoms with Crippen molar-refractivity contribution in [2.24, 2.45) is 0 Å². The molecule has 2 nitrogen and oxygen atoms in total. The molecule has 0 aromatic rings. The summed E-state index contributed by atoms with van der Waals surface area (Å²) in [7, 11) is 2.16. The molecule has 1 aliphatic heterocycles. The van der Waals surface area contributed by atoms with Gasteiger partial charge in [-0.05, 0) is 18.7 Å². The lowest BCUT2D eigenvalue weighted by molar-refractivity contribution is 0.189. The predicted molar refractivity (Wildman–Crippen MR) is 70.0 cm³/mol. The van der Waals surface area contributed by atoms with Crippen LogP contribution in [0.2, 0.25) is 0 Å². The summed E-state index contributed by atoms with van der Waals surface area (Å²) >= 11 is 1.70. The third-order valence-electron chi connectivity index (χ3n) is 2.68. The summed E-state index contributed by atoms with van der Waals surface area (Å²) in [5, 5.41) is 2.10. The van der Waals surface area contributed by atoms with Gasteiger partial charge in [-0.15, -0.1) is 11.8 Å².